The van der Waals surface area contributed by atoms with Crippen LogP contribution in [0.25, 0.3) is 10.3 Å². The summed E-state index contributed by atoms with van der Waals surface area (Å²) < 4.78 is 0.907. The van der Waals surface area contributed by atoms with Gasteiger partial charge in [-0.05, 0) is 12.8 Å². The van der Waals surface area contributed by atoms with Crippen molar-refractivity contribution >= 4 is 27.5 Å². The van der Waals surface area contributed by atoms with Crippen LogP contribution >= 0.6 is 11.3 Å². The largest absolute Gasteiger partial charge is 0.382 e. The van der Waals surface area contributed by atoms with Gasteiger partial charge in [-0.2, -0.15) is 0 Å². The molecule has 3 rings (SSSR count). The van der Waals surface area contributed by atoms with Gasteiger partial charge in [0.2, 0.25) is 0 Å². The van der Waals surface area contributed by atoms with E-state index >= 15 is 0 Å². The third kappa shape index (κ3) is 1.07. The molecule has 0 radical (unpaired) electrons. The molecule has 1 aliphatic carbocycles. The first-order valence-corrected chi connectivity index (χ1v) is 5.09. The molecular formula is C8H8N4S. The maximum Gasteiger partial charge on any atom is 0.175 e. The highest BCUT2D eigenvalue weighted by Crippen LogP contribution is 2.39. The second-order valence-corrected chi connectivity index (χ2v) is 4.10. The molecule has 0 aliphatic heterocycles. The van der Waals surface area contributed by atoms with Gasteiger partial charge in [-0.15, -0.1) is 11.3 Å². The minimum absolute atomic E-state index is 0.536. The van der Waals surface area contributed by atoms with Crippen LogP contribution in [0.15, 0.2) is 5.51 Å². The zero-order valence-electron chi connectivity index (χ0n) is 6.90. The highest BCUT2D eigenvalue weighted by Gasteiger charge is 2.27. The Morgan fingerprint density at radius 1 is 1.38 bits per heavy atom. The molecule has 1 fully saturated rings. The molecule has 66 valence electrons. The third-order valence-corrected chi connectivity index (χ3v) is 3.02. The molecule has 2 aromatic heterocycles. The van der Waals surface area contributed by atoms with Crippen molar-refractivity contribution in [3.8, 4) is 0 Å². The number of anilines is 1. The van der Waals surface area contributed by atoms with Crippen molar-refractivity contribution in [3.05, 3.63) is 11.3 Å². The Bertz CT molecular complexity index is 460. The Hall–Kier alpha value is -1.23. The van der Waals surface area contributed by atoms with Crippen LogP contribution in [0.4, 0.5) is 5.82 Å². The summed E-state index contributed by atoms with van der Waals surface area (Å²) in [5.74, 6) is 1.98. The predicted octanol–water partition coefficient (Wildman–Crippen LogP) is 1.55. The Kier molecular flexibility index (Phi) is 1.32. The average molecular weight is 192 g/mol. The summed E-state index contributed by atoms with van der Waals surface area (Å²) in [4.78, 5) is 12.8. The van der Waals surface area contributed by atoms with Gasteiger partial charge in [-0.3, -0.25) is 0 Å². The van der Waals surface area contributed by atoms with Crippen molar-refractivity contribution in [1.29, 1.82) is 0 Å². The Morgan fingerprint density at radius 2 is 2.23 bits per heavy atom. The van der Waals surface area contributed by atoms with Gasteiger partial charge >= 0.3 is 0 Å². The second-order valence-electron chi connectivity index (χ2n) is 3.25. The second kappa shape index (κ2) is 2.38. The fourth-order valence-electron chi connectivity index (χ4n) is 1.33. The van der Waals surface area contributed by atoms with Crippen LogP contribution < -0.4 is 5.73 Å². The molecule has 2 aromatic rings. The van der Waals surface area contributed by atoms with E-state index in [1.54, 1.807) is 5.51 Å². The van der Waals surface area contributed by atoms with E-state index in [0.29, 0.717) is 11.7 Å². The van der Waals surface area contributed by atoms with E-state index in [2.05, 4.69) is 15.0 Å². The standard InChI is InChI=1S/C8H8N4S/c9-6-5-8(10-3-13-5)12-7(11-6)4-1-2-4/h3-4H,1-2H2,(H2,9,11,12). The summed E-state index contributed by atoms with van der Waals surface area (Å²) in [5, 5.41) is 0. The number of nitrogens with two attached hydrogens (primary N) is 1. The molecule has 1 saturated carbocycles. The van der Waals surface area contributed by atoms with Crippen molar-refractivity contribution in [2.24, 2.45) is 0 Å². The molecule has 13 heavy (non-hydrogen) atoms. The molecule has 0 bridgehead atoms. The lowest BCUT2D eigenvalue weighted by Crippen LogP contribution is -1.98. The fraction of sp³-hybridized carbons (Fsp3) is 0.375. The molecule has 0 spiro atoms. The molecule has 2 N–H and O–H groups in total. The average Bonchev–Trinajstić information content (AvgIpc) is 2.85. The van der Waals surface area contributed by atoms with Gasteiger partial charge in [-0.25, -0.2) is 15.0 Å². The van der Waals surface area contributed by atoms with E-state index < -0.39 is 0 Å². The number of hydrogen-bond acceptors (Lipinski definition) is 5. The minimum Gasteiger partial charge on any atom is -0.382 e. The number of nitrogen functional groups attached to an aromatic ring is 1. The molecule has 4 nitrogen and oxygen atoms in total. The summed E-state index contributed by atoms with van der Waals surface area (Å²) >= 11 is 1.49. The molecule has 5 heteroatoms. The summed E-state index contributed by atoms with van der Waals surface area (Å²) in [5.41, 5.74) is 8.29. The monoisotopic (exact) mass is 192 g/mol. The number of thiazole rings is 1. The Labute approximate surface area is 78.8 Å². The molecule has 0 amide bonds. The third-order valence-electron chi connectivity index (χ3n) is 2.18. The van der Waals surface area contributed by atoms with Gasteiger partial charge in [0.05, 0.1) is 5.51 Å². The highest BCUT2D eigenvalue weighted by molar-refractivity contribution is 7.17. The van der Waals surface area contributed by atoms with Crippen molar-refractivity contribution in [3.63, 3.8) is 0 Å². The normalized spacial score (nSPS) is 16.6. The van der Waals surface area contributed by atoms with Gasteiger partial charge in [0.25, 0.3) is 0 Å². The van der Waals surface area contributed by atoms with Crippen LogP contribution in [0.3, 0.4) is 0 Å². The predicted molar refractivity (Wildman–Crippen MR) is 51.6 cm³/mol. The lowest BCUT2D eigenvalue weighted by Gasteiger charge is -1.98. The molecular weight excluding hydrogens is 184 g/mol. The number of fused-ring (bicyclic) bond motifs is 1. The SMILES string of the molecule is Nc1nc(C2CC2)nc2ncsc12. The Morgan fingerprint density at radius 3 is 3.00 bits per heavy atom. The van der Waals surface area contributed by atoms with E-state index in [1.807, 2.05) is 0 Å². The first kappa shape index (κ1) is 7.20. The maximum atomic E-state index is 5.79. The first-order valence-electron chi connectivity index (χ1n) is 4.21. The minimum atomic E-state index is 0.536. The number of aromatic nitrogens is 3. The van der Waals surface area contributed by atoms with Crippen LogP contribution in [0.5, 0.6) is 0 Å². The van der Waals surface area contributed by atoms with Crippen LogP contribution in [0, 0.1) is 0 Å². The Balaban J connectivity index is 2.27. The molecule has 0 saturated heterocycles. The smallest absolute Gasteiger partial charge is 0.175 e. The van der Waals surface area contributed by atoms with Gasteiger partial charge in [0, 0.05) is 5.92 Å². The number of rotatable bonds is 1. The van der Waals surface area contributed by atoms with Crippen LogP contribution in [0.1, 0.15) is 24.6 Å². The summed E-state index contributed by atoms with van der Waals surface area (Å²) in [6, 6.07) is 0. The number of hydrogen-bond donors (Lipinski definition) is 1. The van der Waals surface area contributed by atoms with Crippen molar-refractivity contribution in [2.45, 2.75) is 18.8 Å². The molecule has 2 heterocycles. The molecule has 1 aliphatic rings. The zero-order valence-corrected chi connectivity index (χ0v) is 7.71. The summed E-state index contributed by atoms with van der Waals surface area (Å²) in [6.45, 7) is 0. The summed E-state index contributed by atoms with van der Waals surface area (Å²) in [7, 11) is 0. The van der Waals surface area contributed by atoms with Crippen molar-refractivity contribution in [1.82, 2.24) is 15.0 Å². The maximum absolute atomic E-state index is 5.79. The summed E-state index contributed by atoms with van der Waals surface area (Å²) in [6.07, 6.45) is 2.38. The van der Waals surface area contributed by atoms with Crippen LogP contribution in [0.2, 0.25) is 0 Å². The number of nitrogens with zero attached hydrogens (tertiary/aromatic N) is 3. The van der Waals surface area contributed by atoms with Gasteiger partial charge in [0.15, 0.2) is 5.65 Å². The molecule has 0 atom stereocenters. The quantitative estimate of drug-likeness (QED) is 0.744. The van der Waals surface area contributed by atoms with E-state index in [-0.39, 0.29) is 0 Å². The van der Waals surface area contributed by atoms with Gasteiger partial charge in [-0.1, -0.05) is 0 Å². The topological polar surface area (TPSA) is 64.7 Å². The van der Waals surface area contributed by atoms with Crippen LogP contribution in [-0.4, -0.2) is 15.0 Å². The van der Waals surface area contributed by atoms with Crippen molar-refractivity contribution in [2.75, 3.05) is 5.73 Å². The lowest BCUT2D eigenvalue weighted by molar-refractivity contribution is 0.948. The van der Waals surface area contributed by atoms with Crippen molar-refractivity contribution < 1.29 is 0 Å². The molecule has 0 aromatic carbocycles. The highest BCUT2D eigenvalue weighted by atomic mass is 32.1. The van der Waals surface area contributed by atoms with E-state index in [0.717, 1.165) is 16.2 Å². The molecule has 0 unspecified atom stereocenters. The van der Waals surface area contributed by atoms with Gasteiger partial charge in [0.1, 0.15) is 16.3 Å². The van der Waals surface area contributed by atoms with E-state index in [1.165, 1.54) is 24.2 Å². The lowest BCUT2D eigenvalue weighted by atomic mass is 10.4. The van der Waals surface area contributed by atoms with Crippen LogP contribution in [-0.2, 0) is 0 Å². The van der Waals surface area contributed by atoms with E-state index in [4.69, 9.17) is 5.73 Å². The zero-order chi connectivity index (χ0) is 8.84. The van der Waals surface area contributed by atoms with E-state index in [9.17, 15) is 0 Å². The fourth-order valence-corrected chi connectivity index (χ4v) is 1.95. The first-order chi connectivity index (χ1) is 6.34. The van der Waals surface area contributed by atoms with Gasteiger partial charge < -0.3 is 5.73 Å².